The quantitative estimate of drug-likeness (QED) is 0.664. The van der Waals surface area contributed by atoms with Gasteiger partial charge in [0.2, 0.25) is 5.76 Å². The molecule has 2 nitrogen and oxygen atoms in total. The van der Waals surface area contributed by atoms with Crippen LogP contribution < -0.4 is 0 Å². The SMILES string of the molecule is C(#Cc1cc(-c2ccccc2)no1)CCc1ccccc1. The molecule has 3 rings (SSSR count). The molecule has 0 fully saturated rings. The second kappa shape index (κ2) is 6.58. The van der Waals surface area contributed by atoms with E-state index in [1.807, 2.05) is 54.6 Å². The van der Waals surface area contributed by atoms with Crippen LogP contribution >= 0.6 is 0 Å². The second-order valence-electron chi connectivity index (χ2n) is 4.73. The zero-order valence-electron chi connectivity index (χ0n) is 11.6. The highest BCUT2D eigenvalue weighted by Gasteiger charge is 2.03. The van der Waals surface area contributed by atoms with Crippen molar-refractivity contribution in [3.63, 3.8) is 0 Å². The van der Waals surface area contributed by atoms with E-state index in [9.17, 15) is 0 Å². The Morgan fingerprint density at radius 1 is 0.905 bits per heavy atom. The molecule has 2 aromatic carbocycles. The fraction of sp³-hybridized carbons (Fsp3) is 0.105. The molecule has 3 aromatic rings. The fourth-order valence-corrected chi connectivity index (χ4v) is 2.08. The molecule has 2 heteroatoms. The summed E-state index contributed by atoms with van der Waals surface area (Å²) >= 11 is 0. The van der Waals surface area contributed by atoms with Crippen LogP contribution in [0.25, 0.3) is 11.3 Å². The molecule has 21 heavy (non-hydrogen) atoms. The summed E-state index contributed by atoms with van der Waals surface area (Å²) in [6.07, 6.45) is 1.76. The lowest BCUT2D eigenvalue weighted by molar-refractivity contribution is 0.413. The van der Waals surface area contributed by atoms with Crippen molar-refractivity contribution < 1.29 is 4.52 Å². The van der Waals surface area contributed by atoms with Gasteiger partial charge in [0, 0.05) is 18.1 Å². The van der Waals surface area contributed by atoms with E-state index in [1.165, 1.54) is 5.56 Å². The Hall–Kier alpha value is -2.79. The van der Waals surface area contributed by atoms with E-state index in [0.29, 0.717) is 5.76 Å². The van der Waals surface area contributed by atoms with Crippen molar-refractivity contribution in [1.82, 2.24) is 5.16 Å². The van der Waals surface area contributed by atoms with Crippen molar-refractivity contribution in [2.24, 2.45) is 0 Å². The van der Waals surface area contributed by atoms with Crippen molar-refractivity contribution in [2.45, 2.75) is 12.8 Å². The van der Waals surface area contributed by atoms with E-state index >= 15 is 0 Å². The zero-order chi connectivity index (χ0) is 14.3. The molecule has 1 heterocycles. The molecule has 0 aliphatic heterocycles. The van der Waals surface area contributed by atoms with Crippen LogP contribution in [-0.4, -0.2) is 5.16 Å². The molecular weight excluding hydrogens is 258 g/mol. The molecule has 0 aliphatic carbocycles. The minimum absolute atomic E-state index is 0.613. The van der Waals surface area contributed by atoms with Crippen LogP contribution in [0.3, 0.4) is 0 Å². The first-order valence-corrected chi connectivity index (χ1v) is 6.97. The molecule has 0 saturated carbocycles. The Bertz CT molecular complexity index is 748. The maximum absolute atomic E-state index is 5.25. The lowest BCUT2D eigenvalue weighted by atomic mass is 10.1. The molecule has 0 saturated heterocycles. The van der Waals surface area contributed by atoms with E-state index < -0.39 is 0 Å². The largest absolute Gasteiger partial charge is 0.347 e. The summed E-state index contributed by atoms with van der Waals surface area (Å²) in [6.45, 7) is 0. The molecule has 0 unspecified atom stereocenters. The second-order valence-corrected chi connectivity index (χ2v) is 4.73. The first-order valence-electron chi connectivity index (χ1n) is 6.97. The Morgan fingerprint density at radius 3 is 2.38 bits per heavy atom. The van der Waals surface area contributed by atoms with Gasteiger partial charge in [0.1, 0.15) is 5.69 Å². The van der Waals surface area contributed by atoms with Gasteiger partial charge in [-0.1, -0.05) is 71.7 Å². The number of rotatable bonds is 3. The fourth-order valence-electron chi connectivity index (χ4n) is 2.08. The van der Waals surface area contributed by atoms with Crippen LogP contribution in [0.2, 0.25) is 0 Å². The Labute approximate surface area is 124 Å². The highest BCUT2D eigenvalue weighted by molar-refractivity contribution is 5.59. The average molecular weight is 273 g/mol. The van der Waals surface area contributed by atoms with Crippen molar-refractivity contribution in [3.8, 4) is 23.1 Å². The van der Waals surface area contributed by atoms with Crippen LogP contribution in [0, 0.1) is 11.8 Å². The van der Waals surface area contributed by atoms with Gasteiger partial charge in [-0.3, -0.25) is 0 Å². The van der Waals surface area contributed by atoms with Gasteiger partial charge in [0.25, 0.3) is 0 Å². The van der Waals surface area contributed by atoms with Crippen molar-refractivity contribution in [1.29, 1.82) is 0 Å². The highest BCUT2D eigenvalue weighted by atomic mass is 16.5. The van der Waals surface area contributed by atoms with Crippen LogP contribution in [0.5, 0.6) is 0 Å². The molecule has 102 valence electrons. The molecule has 0 bridgehead atoms. The minimum Gasteiger partial charge on any atom is -0.347 e. The Morgan fingerprint density at radius 2 is 1.62 bits per heavy atom. The van der Waals surface area contributed by atoms with Crippen LogP contribution in [0.15, 0.2) is 71.3 Å². The number of benzene rings is 2. The third kappa shape index (κ3) is 3.61. The number of hydrogen-bond acceptors (Lipinski definition) is 2. The van der Waals surface area contributed by atoms with Gasteiger partial charge >= 0.3 is 0 Å². The molecular formula is C19H15NO. The lowest BCUT2D eigenvalue weighted by Crippen LogP contribution is -1.81. The molecule has 1 aromatic heterocycles. The number of aromatic nitrogens is 1. The maximum atomic E-state index is 5.25. The van der Waals surface area contributed by atoms with E-state index in [1.54, 1.807) is 0 Å². The summed E-state index contributed by atoms with van der Waals surface area (Å²) in [4.78, 5) is 0. The standard InChI is InChI=1S/C19H15NO/c1-3-9-16(10-4-1)11-7-8-14-18-15-19(20-21-18)17-12-5-2-6-13-17/h1-6,9-10,12-13,15H,7,11H2. The van der Waals surface area contributed by atoms with Crippen molar-refractivity contribution in [3.05, 3.63) is 78.1 Å². The molecule has 0 atom stereocenters. The van der Waals surface area contributed by atoms with Gasteiger partial charge in [-0.2, -0.15) is 0 Å². The number of aryl methyl sites for hydroxylation is 1. The third-order valence-electron chi connectivity index (χ3n) is 3.17. The molecule has 0 amide bonds. The minimum atomic E-state index is 0.613. The van der Waals surface area contributed by atoms with Gasteiger partial charge in [-0.15, -0.1) is 0 Å². The number of hydrogen-bond donors (Lipinski definition) is 0. The summed E-state index contributed by atoms with van der Waals surface area (Å²) in [7, 11) is 0. The normalized spacial score (nSPS) is 9.90. The van der Waals surface area contributed by atoms with Gasteiger partial charge in [-0.25, -0.2) is 0 Å². The predicted octanol–water partition coefficient (Wildman–Crippen LogP) is 4.33. The Balaban J connectivity index is 1.62. The summed E-state index contributed by atoms with van der Waals surface area (Å²) in [5, 5.41) is 4.05. The smallest absolute Gasteiger partial charge is 0.210 e. The van der Waals surface area contributed by atoms with Crippen molar-refractivity contribution >= 4 is 0 Å². The topological polar surface area (TPSA) is 26.0 Å². The monoisotopic (exact) mass is 273 g/mol. The van der Waals surface area contributed by atoms with Crippen LogP contribution in [0.1, 0.15) is 17.7 Å². The van der Waals surface area contributed by atoms with E-state index in [4.69, 9.17) is 4.52 Å². The first-order chi connectivity index (χ1) is 10.4. The molecule has 0 radical (unpaired) electrons. The summed E-state index contributed by atoms with van der Waals surface area (Å²) in [6, 6.07) is 22.2. The van der Waals surface area contributed by atoms with Crippen LogP contribution in [0.4, 0.5) is 0 Å². The lowest BCUT2D eigenvalue weighted by Gasteiger charge is -1.94. The van der Waals surface area contributed by atoms with Gasteiger partial charge < -0.3 is 4.52 Å². The van der Waals surface area contributed by atoms with Gasteiger partial charge in [0.05, 0.1) is 0 Å². The summed E-state index contributed by atoms with van der Waals surface area (Å²) < 4.78 is 5.25. The predicted molar refractivity (Wildman–Crippen MR) is 83.6 cm³/mol. The van der Waals surface area contributed by atoms with E-state index in [2.05, 4.69) is 29.1 Å². The third-order valence-corrected chi connectivity index (χ3v) is 3.17. The highest BCUT2D eigenvalue weighted by Crippen LogP contribution is 2.17. The Kier molecular flexibility index (Phi) is 4.14. The van der Waals surface area contributed by atoms with E-state index in [0.717, 1.165) is 24.1 Å². The molecule has 0 N–H and O–H groups in total. The maximum Gasteiger partial charge on any atom is 0.210 e. The van der Waals surface area contributed by atoms with Crippen molar-refractivity contribution in [2.75, 3.05) is 0 Å². The van der Waals surface area contributed by atoms with Gasteiger partial charge in [0.15, 0.2) is 0 Å². The van der Waals surface area contributed by atoms with Gasteiger partial charge in [-0.05, 0) is 17.9 Å². The zero-order valence-corrected chi connectivity index (χ0v) is 11.6. The first kappa shape index (κ1) is 13.2. The van der Waals surface area contributed by atoms with E-state index in [-0.39, 0.29) is 0 Å². The molecule has 0 spiro atoms. The summed E-state index contributed by atoms with van der Waals surface area (Å²) in [5.74, 6) is 6.77. The summed E-state index contributed by atoms with van der Waals surface area (Å²) in [5.41, 5.74) is 3.16. The average Bonchev–Trinajstić information content (AvgIpc) is 3.02. The number of nitrogens with zero attached hydrogens (tertiary/aromatic N) is 1. The van der Waals surface area contributed by atoms with Crippen LogP contribution in [-0.2, 0) is 6.42 Å². The molecule has 0 aliphatic rings.